The number of benzene rings is 1. The molecule has 0 unspecified atom stereocenters. The van der Waals surface area contributed by atoms with E-state index in [1.54, 1.807) is 50.2 Å². The molecule has 1 aromatic rings. The molecule has 1 fully saturated rings. The molecule has 0 spiro atoms. The zero-order chi connectivity index (χ0) is 19.4. The molecule has 0 bridgehead atoms. The summed E-state index contributed by atoms with van der Waals surface area (Å²) in [5.41, 5.74) is -0.0976. The lowest BCUT2D eigenvalue weighted by Gasteiger charge is -2.25. The van der Waals surface area contributed by atoms with Gasteiger partial charge in [0.05, 0.1) is 37.2 Å². The van der Waals surface area contributed by atoms with Crippen LogP contribution in [0, 0.1) is 0 Å². The normalized spacial score (nSPS) is 21.4. The number of nitrogens with zero attached hydrogens (tertiary/aromatic N) is 1. The number of sulfone groups is 1. The molecule has 1 aromatic carbocycles. The Bertz CT molecular complexity index is 763. The Kier molecular flexibility index (Phi) is 6.25. The first kappa shape index (κ1) is 20.2. The number of carbonyl (C=O) groups excluding carboxylic acids is 2. The van der Waals surface area contributed by atoms with Crippen molar-refractivity contribution in [2.45, 2.75) is 18.9 Å². The topological polar surface area (TPSA) is 105 Å². The van der Waals surface area contributed by atoms with Crippen molar-refractivity contribution < 1.29 is 22.7 Å². The fraction of sp³-hybridized carbons (Fsp3) is 0.529. The average Bonchev–Trinajstić information content (AvgIpc) is 2.80. The van der Waals surface area contributed by atoms with Crippen LogP contribution in [0.3, 0.4) is 0 Å². The molecule has 1 atom stereocenters. The van der Waals surface area contributed by atoms with Crippen LogP contribution in [0.2, 0.25) is 0 Å². The van der Waals surface area contributed by atoms with Crippen molar-refractivity contribution in [1.29, 1.82) is 0 Å². The van der Waals surface area contributed by atoms with Gasteiger partial charge in [0, 0.05) is 5.69 Å². The smallest absolute Gasteiger partial charge is 0.238 e. The molecule has 0 radical (unpaired) electrons. The van der Waals surface area contributed by atoms with Gasteiger partial charge in [-0.2, -0.15) is 0 Å². The highest BCUT2D eigenvalue weighted by molar-refractivity contribution is 7.91. The van der Waals surface area contributed by atoms with Crippen molar-refractivity contribution in [3.63, 3.8) is 0 Å². The van der Waals surface area contributed by atoms with Crippen LogP contribution in [-0.2, 0) is 19.4 Å². The van der Waals surface area contributed by atoms with Gasteiger partial charge in [-0.1, -0.05) is 0 Å². The van der Waals surface area contributed by atoms with Crippen LogP contribution >= 0.6 is 0 Å². The Labute approximate surface area is 153 Å². The van der Waals surface area contributed by atoms with Gasteiger partial charge in [-0.3, -0.25) is 14.5 Å². The van der Waals surface area contributed by atoms with Gasteiger partial charge in [0.15, 0.2) is 9.84 Å². The van der Waals surface area contributed by atoms with Crippen LogP contribution in [0.1, 0.15) is 13.3 Å². The molecule has 1 aliphatic heterocycles. The van der Waals surface area contributed by atoms with Gasteiger partial charge in [-0.25, -0.2) is 8.42 Å². The van der Waals surface area contributed by atoms with E-state index in [0.717, 1.165) is 0 Å². The van der Waals surface area contributed by atoms with Crippen LogP contribution < -0.4 is 15.4 Å². The van der Waals surface area contributed by atoms with E-state index in [4.69, 9.17) is 4.74 Å². The van der Waals surface area contributed by atoms with E-state index in [-0.39, 0.29) is 36.4 Å². The van der Waals surface area contributed by atoms with Crippen LogP contribution in [0.25, 0.3) is 0 Å². The third kappa shape index (κ3) is 5.99. The third-order valence-corrected chi connectivity index (χ3v) is 6.05. The monoisotopic (exact) mass is 383 g/mol. The Morgan fingerprint density at radius 2 is 1.81 bits per heavy atom. The molecule has 2 amide bonds. The summed E-state index contributed by atoms with van der Waals surface area (Å²) in [6, 6.07) is 6.93. The summed E-state index contributed by atoms with van der Waals surface area (Å²) >= 11 is 0. The van der Waals surface area contributed by atoms with Crippen LogP contribution in [-0.4, -0.2) is 69.4 Å². The summed E-state index contributed by atoms with van der Waals surface area (Å²) in [5.74, 6) is 0.181. The molecule has 0 aromatic heterocycles. The summed E-state index contributed by atoms with van der Waals surface area (Å²) in [6.07, 6.45) is 0.405. The highest BCUT2D eigenvalue weighted by Crippen LogP contribution is 2.22. The van der Waals surface area contributed by atoms with Crippen molar-refractivity contribution in [2.75, 3.05) is 44.1 Å². The number of carbonyl (C=O) groups is 2. The number of likely N-dealkylation sites (N-methyl/N-ethyl adjacent to an activating group) is 1. The van der Waals surface area contributed by atoms with Gasteiger partial charge in [-0.15, -0.1) is 0 Å². The van der Waals surface area contributed by atoms with Gasteiger partial charge in [-0.05, 0) is 44.7 Å². The largest absolute Gasteiger partial charge is 0.497 e. The molecule has 144 valence electrons. The van der Waals surface area contributed by atoms with Crippen molar-refractivity contribution in [3.05, 3.63) is 24.3 Å². The van der Waals surface area contributed by atoms with Crippen LogP contribution in [0.15, 0.2) is 24.3 Å². The number of hydrogen-bond donors (Lipinski definition) is 2. The van der Waals surface area contributed by atoms with Crippen molar-refractivity contribution in [2.24, 2.45) is 0 Å². The van der Waals surface area contributed by atoms with E-state index < -0.39 is 15.4 Å². The molecule has 0 aliphatic carbocycles. The number of anilines is 1. The van der Waals surface area contributed by atoms with E-state index in [2.05, 4.69) is 10.6 Å². The first-order chi connectivity index (χ1) is 12.1. The second kappa shape index (κ2) is 8.05. The Morgan fingerprint density at radius 3 is 2.35 bits per heavy atom. The second-order valence-electron chi connectivity index (χ2n) is 6.90. The highest BCUT2D eigenvalue weighted by Gasteiger charge is 2.39. The van der Waals surface area contributed by atoms with Crippen LogP contribution in [0.5, 0.6) is 5.75 Å². The van der Waals surface area contributed by atoms with E-state index in [9.17, 15) is 18.0 Å². The quantitative estimate of drug-likeness (QED) is 0.700. The zero-order valence-electron chi connectivity index (χ0n) is 15.2. The van der Waals surface area contributed by atoms with E-state index in [1.165, 1.54) is 0 Å². The molecule has 1 aliphatic rings. The fourth-order valence-corrected chi connectivity index (χ4v) is 5.00. The SMILES string of the molecule is COc1ccc(NC(=O)CN(C)CC(=O)N[C@]2(C)CCS(=O)(=O)C2)cc1. The summed E-state index contributed by atoms with van der Waals surface area (Å²) in [5, 5.41) is 5.51. The molecular formula is C17H25N3O5S. The van der Waals surface area contributed by atoms with Crippen molar-refractivity contribution >= 4 is 27.3 Å². The maximum Gasteiger partial charge on any atom is 0.238 e. The molecule has 2 rings (SSSR count). The van der Waals surface area contributed by atoms with Gasteiger partial charge >= 0.3 is 0 Å². The number of rotatable bonds is 7. The number of methoxy groups -OCH3 is 1. The summed E-state index contributed by atoms with van der Waals surface area (Å²) in [7, 11) is 0.130. The average molecular weight is 383 g/mol. The van der Waals surface area contributed by atoms with E-state index in [0.29, 0.717) is 17.9 Å². The predicted molar refractivity (Wildman–Crippen MR) is 98.9 cm³/mol. The van der Waals surface area contributed by atoms with E-state index >= 15 is 0 Å². The minimum atomic E-state index is -3.09. The maximum absolute atomic E-state index is 12.1. The molecule has 26 heavy (non-hydrogen) atoms. The molecule has 2 N–H and O–H groups in total. The Hall–Kier alpha value is -2.13. The lowest BCUT2D eigenvalue weighted by Crippen LogP contribution is -2.50. The number of amides is 2. The standard InChI is InChI=1S/C17H25N3O5S/c1-17(8-9-26(23,24)12-17)19-16(22)11-20(2)10-15(21)18-13-4-6-14(25-3)7-5-13/h4-7H,8-12H2,1-3H3,(H,18,21)(H,19,22)/t17-/m1/s1. The number of nitrogens with one attached hydrogen (secondary N) is 2. The zero-order valence-corrected chi connectivity index (χ0v) is 16.1. The Balaban J connectivity index is 1.79. The van der Waals surface area contributed by atoms with Gasteiger partial charge in [0.1, 0.15) is 5.75 Å². The van der Waals surface area contributed by atoms with Gasteiger partial charge in [0.25, 0.3) is 0 Å². The summed E-state index contributed by atoms with van der Waals surface area (Å²) < 4.78 is 28.2. The molecular weight excluding hydrogens is 358 g/mol. The van der Waals surface area contributed by atoms with Gasteiger partial charge < -0.3 is 15.4 Å². The van der Waals surface area contributed by atoms with E-state index in [1.807, 2.05) is 0 Å². The molecule has 1 saturated heterocycles. The Morgan fingerprint density at radius 1 is 1.19 bits per heavy atom. The minimum absolute atomic E-state index is 0.00563. The lowest BCUT2D eigenvalue weighted by atomic mass is 10.0. The second-order valence-corrected chi connectivity index (χ2v) is 9.08. The molecule has 9 heteroatoms. The number of ether oxygens (including phenoxy) is 1. The molecule has 0 saturated carbocycles. The molecule has 1 heterocycles. The fourth-order valence-electron chi connectivity index (χ4n) is 2.91. The summed E-state index contributed by atoms with van der Waals surface area (Å²) in [4.78, 5) is 25.8. The lowest BCUT2D eigenvalue weighted by molar-refractivity contribution is -0.124. The summed E-state index contributed by atoms with van der Waals surface area (Å²) in [6.45, 7) is 1.77. The number of hydrogen-bond acceptors (Lipinski definition) is 6. The first-order valence-corrected chi connectivity index (χ1v) is 10.1. The van der Waals surface area contributed by atoms with Crippen molar-refractivity contribution in [3.8, 4) is 5.75 Å². The maximum atomic E-state index is 12.1. The third-order valence-electron chi connectivity index (χ3n) is 4.15. The first-order valence-electron chi connectivity index (χ1n) is 8.25. The molecule has 8 nitrogen and oxygen atoms in total. The van der Waals surface area contributed by atoms with Crippen LogP contribution in [0.4, 0.5) is 5.69 Å². The minimum Gasteiger partial charge on any atom is -0.497 e. The predicted octanol–water partition coefficient (Wildman–Crippen LogP) is 0.259. The highest BCUT2D eigenvalue weighted by atomic mass is 32.2. The van der Waals surface area contributed by atoms with Crippen molar-refractivity contribution in [1.82, 2.24) is 10.2 Å². The van der Waals surface area contributed by atoms with Gasteiger partial charge in [0.2, 0.25) is 11.8 Å².